The Kier molecular flexibility index (Phi) is 4.37. The second-order valence-electron chi connectivity index (χ2n) is 7.46. The van der Waals surface area contributed by atoms with Crippen molar-refractivity contribution >= 4 is 22.6 Å². The number of anilines is 1. The molecule has 1 amide bonds. The van der Waals surface area contributed by atoms with Gasteiger partial charge in [-0.2, -0.15) is 0 Å². The van der Waals surface area contributed by atoms with E-state index >= 15 is 0 Å². The van der Waals surface area contributed by atoms with Gasteiger partial charge >= 0.3 is 0 Å². The monoisotopic (exact) mass is 367 g/mol. The van der Waals surface area contributed by atoms with Gasteiger partial charge in [0.15, 0.2) is 0 Å². The van der Waals surface area contributed by atoms with Crippen molar-refractivity contribution in [1.82, 2.24) is 20.0 Å². The second-order valence-corrected chi connectivity index (χ2v) is 7.46. The number of nitrogens with zero attached hydrogens (tertiary/aromatic N) is 4. The van der Waals surface area contributed by atoms with Crippen LogP contribution in [0.15, 0.2) is 29.0 Å². The Hall–Kier alpha value is -2.83. The molecule has 142 valence electrons. The largest absolute Gasteiger partial charge is 0.369 e. The van der Waals surface area contributed by atoms with E-state index in [0.29, 0.717) is 29.5 Å². The first-order valence-corrected chi connectivity index (χ1v) is 9.34. The Balaban J connectivity index is 1.61. The predicted octanol–water partition coefficient (Wildman–Crippen LogP) is 3.15. The van der Waals surface area contributed by atoms with E-state index in [2.05, 4.69) is 40.1 Å². The number of piperidine rings is 1. The zero-order chi connectivity index (χ0) is 19.1. The Bertz CT molecular complexity index is 956. The molecule has 1 N–H and O–H groups in total. The molecule has 0 aromatic carbocycles. The minimum absolute atomic E-state index is 0.0121. The van der Waals surface area contributed by atoms with Crippen LogP contribution in [0.4, 0.5) is 5.69 Å². The molecule has 27 heavy (non-hydrogen) atoms. The summed E-state index contributed by atoms with van der Waals surface area (Å²) in [5.74, 6) is 1.08. The van der Waals surface area contributed by atoms with E-state index < -0.39 is 0 Å². The summed E-state index contributed by atoms with van der Waals surface area (Å²) < 4.78 is 5.19. The number of nitrogens with one attached hydrogen (secondary N) is 1. The summed E-state index contributed by atoms with van der Waals surface area (Å²) in [5.41, 5.74) is 3.27. The van der Waals surface area contributed by atoms with Gasteiger partial charge in [-0.1, -0.05) is 12.1 Å². The standard InChI is InChI=1S/C20H25N5O2/c1-12-7-10-25(20(26)18-13(2)23-27-14(18)3)11-17(12)24(4)16-6-9-22-19-15(16)5-8-21-19/h5-6,8-9,12,17H,7,10-11H2,1-4H3,(H,21,22). The number of carbonyl (C=O) groups excluding carboxylic acids is 1. The molecule has 4 rings (SSSR count). The molecule has 0 aliphatic carbocycles. The van der Waals surface area contributed by atoms with Gasteiger partial charge < -0.3 is 19.3 Å². The molecule has 7 nitrogen and oxygen atoms in total. The zero-order valence-corrected chi connectivity index (χ0v) is 16.2. The number of hydrogen-bond donors (Lipinski definition) is 1. The Morgan fingerprint density at radius 3 is 2.93 bits per heavy atom. The Morgan fingerprint density at radius 1 is 1.37 bits per heavy atom. The molecule has 4 heterocycles. The number of rotatable bonds is 3. The van der Waals surface area contributed by atoms with Crippen LogP contribution in [0.3, 0.4) is 0 Å². The fraction of sp³-hybridized carbons (Fsp3) is 0.450. The fourth-order valence-corrected chi connectivity index (χ4v) is 4.12. The van der Waals surface area contributed by atoms with Gasteiger partial charge in [-0.25, -0.2) is 4.98 Å². The van der Waals surface area contributed by atoms with Crippen LogP contribution >= 0.6 is 0 Å². The molecule has 1 aliphatic heterocycles. The van der Waals surface area contributed by atoms with E-state index in [-0.39, 0.29) is 11.9 Å². The van der Waals surface area contributed by atoms with Crippen LogP contribution in [-0.2, 0) is 0 Å². The summed E-state index contributed by atoms with van der Waals surface area (Å²) >= 11 is 0. The lowest BCUT2D eigenvalue weighted by Crippen LogP contribution is -2.52. The van der Waals surface area contributed by atoms with Crippen LogP contribution < -0.4 is 4.90 Å². The lowest BCUT2D eigenvalue weighted by atomic mass is 9.91. The molecule has 0 radical (unpaired) electrons. The van der Waals surface area contributed by atoms with Crippen molar-refractivity contribution in [2.75, 3.05) is 25.0 Å². The molecule has 3 aromatic heterocycles. The number of H-pyrrole nitrogens is 1. The minimum Gasteiger partial charge on any atom is -0.369 e. The molecule has 2 unspecified atom stereocenters. The third kappa shape index (κ3) is 2.97. The minimum atomic E-state index is 0.0121. The summed E-state index contributed by atoms with van der Waals surface area (Å²) in [5, 5.41) is 5.03. The quantitative estimate of drug-likeness (QED) is 0.769. The fourth-order valence-electron chi connectivity index (χ4n) is 4.12. The number of carbonyl (C=O) groups is 1. The van der Waals surface area contributed by atoms with E-state index in [0.717, 1.165) is 29.7 Å². The normalized spacial score (nSPS) is 20.2. The number of likely N-dealkylation sites (N-methyl/N-ethyl adjacent to an activating group) is 1. The average Bonchev–Trinajstić information content (AvgIpc) is 3.27. The summed E-state index contributed by atoms with van der Waals surface area (Å²) in [4.78, 5) is 24.8. The molecule has 2 atom stereocenters. The van der Waals surface area contributed by atoms with E-state index in [1.54, 1.807) is 6.92 Å². The van der Waals surface area contributed by atoms with Crippen LogP contribution in [-0.4, -0.2) is 52.1 Å². The number of amides is 1. The van der Waals surface area contributed by atoms with Gasteiger partial charge in [0.25, 0.3) is 5.91 Å². The first kappa shape index (κ1) is 17.6. The molecule has 7 heteroatoms. The van der Waals surface area contributed by atoms with Crippen LogP contribution in [0, 0.1) is 19.8 Å². The first-order chi connectivity index (χ1) is 13.0. The van der Waals surface area contributed by atoms with Crippen molar-refractivity contribution in [2.24, 2.45) is 5.92 Å². The van der Waals surface area contributed by atoms with Gasteiger partial charge in [-0.3, -0.25) is 4.79 Å². The van der Waals surface area contributed by atoms with Crippen LogP contribution in [0.25, 0.3) is 11.0 Å². The Labute approximate surface area is 158 Å². The summed E-state index contributed by atoms with van der Waals surface area (Å²) in [6.45, 7) is 7.30. The van der Waals surface area contributed by atoms with E-state index in [1.165, 1.54) is 0 Å². The highest BCUT2D eigenvalue weighted by Gasteiger charge is 2.34. The maximum Gasteiger partial charge on any atom is 0.259 e. The highest BCUT2D eigenvalue weighted by molar-refractivity contribution is 5.96. The number of pyridine rings is 1. The van der Waals surface area contributed by atoms with Crippen molar-refractivity contribution in [1.29, 1.82) is 0 Å². The summed E-state index contributed by atoms with van der Waals surface area (Å²) in [7, 11) is 2.10. The maximum atomic E-state index is 13.1. The molecule has 1 aliphatic rings. The van der Waals surface area contributed by atoms with Crippen molar-refractivity contribution < 1.29 is 9.32 Å². The van der Waals surface area contributed by atoms with Crippen molar-refractivity contribution in [3.63, 3.8) is 0 Å². The molecular formula is C20H25N5O2. The highest BCUT2D eigenvalue weighted by Crippen LogP contribution is 2.31. The third-order valence-corrected chi connectivity index (χ3v) is 5.77. The second kappa shape index (κ2) is 6.72. The third-order valence-electron chi connectivity index (χ3n) is 5.77. The van der Waals surface area contributed by atoms with Crippen LogP contribution in [0.5, 0.6) is 0 Å². The van der Waals surface area contributed by atoms with E-state index in [1.807, 2.05) is 30.3 Å². The highest BCUT2D eigenvalue weighted by atomic mass is 16.5. The first-order valence-electron chi connectivity index (χ1n) is 9.34. The summed E-state index contributed by atoms with van der Waals surface area (Å²) in [6, 6.07) is 4.32. The van der Waals surface area contributed by atoms with Gasteiger partial charge in [-0.05, 0) is 38.3 Å². The molecule has 3 aromatic rings. The van der Waals surface area contributed by atoms with Gasteiger partial charge in [0, 0.05) is 49.6 Å². The lowest BCUT2D eigenvalue weighted by molar-refractivity contribution is 0.0668. The molecular weight excluding hydrogens is 342 g/mol. The van der Waals surface area contributed by atoms with Crippen molar-refractivity contribution in [3.8, 4) is 0 Å². The lowest BCUT2D eigenvalue weighted by Gasteiger charge is -2.42. The number of aryl methyl sites for hydroxylation is 2. The molecule has 0 saturated carbocycles. The SMILES string of the molecule is Cc1noc(C)c1C(=O)N1CCC(C)C(N(C)c2ccnc3[nH]ccc23)C1. The van der Waals surface area contributed by atoms with E-state index in [4.69, 9.17) is 4.52 Å². The number of aromatic amines is 1. The Morgan fingerprint density at radius 2 is 2.19 bits per heavy atom. The molecule has 1 saturated heterocycles. The van der Waals surface area contributed by atoms with Gasteiger partial charge in [0.05, 0.1) is 5.69 Å². The topological polar surface area (TPSA) is 78.3 Å². The smallest absolute Gasteiger partial charge is 0.259 e. The molecule has 0 spiro atoms. The van der Waals surface area contributed by atoms with Crippen LogP contribution in [0.1, 0.15) is 35.2 Å². The van der Waals surface area contributed by atoms with Gasteiger partial charge in [0.1, 0.15) is 17.0 Å². The van der Waals surface area contributed by atoms with Crippen molar-refractivity contribution in [2.45, 2.75) is 33.2 Å². The number of aromatic nitrogens is 3. The number of hydrogen-bond acceptors (Lipinski definition) is 5. The van der Waals surface area contributed by atoms with Gasteiger partial charge in [0.2, 0.25) is 0 Å². The molecule has 1 fully saturated rings. The molecule has 0 bridgehead atoms. The maximum absolute atomic E-state index is 13.1. The van der Waals surface area contributed by atoms with Crippen LogP contribution in [0.2, 0.25) is 0 Å². The average molecular weight is 367 g/mol. The number of likely N-dealkylation sites (tertiary alicyclic amines) is 1. The van der Waals surface area contributed by atoms with Crippen molar-refractivity contribution in [3.05, 3.63) is 41.5 Å². The van der Waals surface area contributed by atoms with Gasteiger partial charge in [-0.15, -0.1) is 0 Å². The summed E-state index contributed by atoms with van der Waals surface area (Å²) in [6.07, 6.45) is 4.70. The predicted molar refractivity (Wildman–Crippen MR) is 104 cm³/mol. The van der Waals surface area contributed by atoms with E-state index in [9.17, 15) is 4.79 Å². The number of fused-ring (bicyclic) bond motifs is 1. The zero-order valence-electron chi connectivity index (χ0n) is 16.2.